The van der Waals surface area contributed by atoms with Crippen LogP contribution >= 0.6 is 0 Å². The molecule has 0 radical (unpaired) electrons. The number of aryl methyl sites for hydroxylation is 1. The highest BCUT2D eigenvalue weighted by Gasteiger charge is 2.37. The van der Waals surface area contributed by atoms with Crippen molar-refractivity contribution >= 4 is 0 Å². The Hall–Kier alpha value is -1.98. The van der Waals surface area contributed by atoms with Crippen molar-refractivity contribution in [3.63, 3.8) is 0 Å². The maximum Gasteiger partial charge on any atom is 0.251 e. The highest BCUT2D eigenvalue weighted by molar-refractivity contribution is 5.37. The second-order valence-corrected chi connectivity index (χ2v) is 7.26. The minimum atomic E-state index is -0.814. The summed E-state index contributed by atoms with van der Waals surface area (Å²) >= 11 is 0. The molecule has 126 valence electrons. The highest BCUT2D eigenvalue weighted by Crippen LogP contribution is 2.38. The van der Waals surface area contributed by atoms with Gasteiger partial charge in [-0.15, -0.1) is 0 Å². The molecule has 0 saturated heterocycles. The Morgan fingerprint density at radius 2 is 2.17 bits per heavy atom. The van der Waals surface area contributed by atoms with E-state index >= 15 is 0 Å². The number of hydrogen-bond acceptors (Lipinski definition) is 4. The van der Waals surface area contributed by atoms with Gasteiger partial charge in [0.15, 0.2) is 0 Å². The van der Waals surface area contributed by atoms with Gasteiger partial charge >= 0.3 is 0 Å². The first-order valence-electron chi connectivity index (χ1n) is 8.63. The van der Waals surface area contributed by atoms with Crippen LogP contribution < -0.4 is 5.56 Å². The van der Waals surface area contributed by atoms with Gasteiger partial charge < -0.3 is 10.1 Å². The zero-order valence-corrected chi connectivity index (χ0v) is 14.0. The van der Waals surface area contributed by atoms with Crippen molar-refractivity contribution in [1.29, 1.82) is 0 Å². The third-order valence-corrected chi connectivity index (χ3v) is 5.07. The number of aliphatic hydroxyl groups is 1. The van der Waals surface area contributed by atoms with E-state index < -0.39 is 5.60 Å². The van der Waals surface area contributed by atoms with Gasteiger partial charge in [0, 0.05) is 25.1 Å². The van der Waals surface area contributed by atoms with E-state index in [1.165, 1.54) is 5.56 Å². The first kappa shape index (κ1) is 15.5. The third kappa shape index (κ3) is 3.01. The molecule has 0 spiro atoms. The van der Waals surface area contributed by atoms with E-state index in [1.807, 2.05) is 25.2 Å². The number of aromatic nitrogens is 2. The van der Waals surface area contributed by atoms with Crippen LogP contribution in [0.15, 0.2) is 35.1 Å². The van der Waals surface area contributed by atoms with Crippen LogP contribution in [0.4, 0.5) is 0 Å². The lowest BCUT2D eigenvalue weighted by molar-refractivity contribution is 0.00521. The van der Waals surface area contributed by atoms with Crippen molar-refractivity contribution in [3.05, 3.63) is 63.3 Å². The van der Waals surface area contributed by atoms with E-state index in [-0.39, 0.29) is 5.56 Å². The molecule has 2 aliphatic carbocycles. The Balaban J connectivity index is 1.49. The predicted molar refractivity (Wildman–Crippen MR) is 91.8 cm³/mol. The molecule has 1 aromatic carbocycles. The summed E-state index contributed by atoms with van der Waals surface area (Å²) in [6, 6.07) is 9.68. The number of H-pyrrole nitrogens is 1. The van der Waals surface area contributed by atoms with Crippen molar-refractivity contribution in [2.24, 2.45) is 0 Å². The van der Waals surface area contributed by atoms with Gasteiger partial charge in [-0.25, -0.2) is 4.98 Å². The van der Waals surface area contributed by atoms with Gasteiger partial charge in [-0.3, -0.25) is 9.69 Å². The Morgan fingerprint density at radius 3 is 2.96 bits per heavy atom. The van der Waals surface area contributed by atoms with E-state index in [1.54, 1.807) is 6.07 Å². The van der Waals surface area contributed by atoms with Crippen LogP contribution in [0.3, 0.4) is 0 Å². The molecule has 1 atom stereocenters. The van der Waals surface area contributed by atoms with Crippen LogP contribution in [0.5, 0.6) is 0 Å². The van der Waals surface area contributed by atoms with Crippen LogP contribution in [0, 0.1) is 0 Å². The molecule has 5 heteroatoms. The molecule has 2 aromatic rings. The fourth-order valence-electron chi connectivity index (χ4n) is 3.77. The second kappa shape index (κ2) is 5.83. The van der Waals surface area contributed by atoms with Crippen LogP contribution in [-0.2, 0) is 18.6 Å². The van der Waals surface area contributed by atoms with Gasteiger partial charge in [0.1, 0.15) is 11.4 Å². The zero-order chi connectivity index (χ0) is 16.7. The molecule has 1 fully saturated rings. The van der Waals surface area contributed by atoms with Crippen LogP contribution in [-0.4, -0.2) is 33.6 Å². The fourth-order valence-corrected chi connectivity index (χ4v) is 3.77. The maximum atomic E-state index is 11.8. The van der Waals surface area contributed by atoms with Crippen molar-refractivity contribution in [2.45, 2.75) is 43.7 Å². The Bertz CT molecular complexity index is 812. The van der Waals surface area contributed by atoms with Crippen molar-refractivity contribution in [3.8, 4) is 0 Å². The minimum absolute atomic E-state index is 0.0831. The standard InChI is InChI=1S/C19H23N3O2/c1-22(11-15-10-17(23)21-18(20-15)14-6-7-14)12-19(24)9-8-13-4-2-3-5-16(13)19/h2-5,10,14,24H,6-9,11-12H2,1H3,(H,20,21,23). The summed E-state index contributed by atoms with van der Waals surface area (Å²) in [7, 11) is 1.97. The second-order valence-electron chi connectivity index (χ2n) is 7.26. The summed E-state index contributed by atoms with van der Waals surface area (Å²) in [4.78, 5) is 21.3. The summed E-state index contributed by atoms with van der Waals surface area (Å²) in [5.41, 5.74) is 2.15. The Morgan fingerprint density at radius 1 is 1.38 bits per heavy atom. The molecule has 1 aromatic heterocycles. The summed E-state index contributed by atoms with van der Waals surface area (Å²) in [6.45, 7) is 1.10. The number of aromatic amines is 1. The molecule has 24 heavy (non-hydrogen) atoms. The number of nitrogens with one attached hydrogen (secondary N) is 1. The molecule has 0 aliphatic heterocycles. The number of rotatable bonds is 5. The van der Waals surface area contributed by atoms with Gasteiger partial charge in [-0.1, -0.05) is 24.3 Å². The molecule has 2 aliphatic rings. The number of likely N-dealkylation sites (N-methyl/N-ethyl adjacent to an activating group) is 1. The largest absolute Gasteiger partial charge is 0.384 e. The third-order valence-electron chi connectivity index (χ3n) is 5.07. The average Bonchev–Trinajstić information content (AvgIpc) is 3.33. The molecule has 0 bridgehead atoms. The number of benzene rings is 1. The molecule has 0 amide bonds. The predicted octanol–water partition coefficient (Wildman–Crippen LogP) is 1.91. The molecule has 1 saturated carbocycles. The van der Waals surface area contributed by atoms with Crippen LogP contribution in [0.2, 0.25) is 0 Å². The van der Waals surface area contributed by atoms with Gasteiger partial charge in [-0.05, 0) is 43.9 Å². The smallest absolute Gasteiger partial charge is 0.251 e. The molecular weight excluding hydrogens is 302 g/mol. The van der Waals surface area contributed by atoms with Gasteiger partial charge in [0.2, 0.25) is 0 Å². The van der Waals surface area contributed by atoms with E-state index in [0.29, 0.717) is 19.0 Å². The first-order chi connectivity index (χ1) is 11.5. The number of fused-ring (bicyclic) bond motifs is 1. The number of nitrogens with zero attached hydrogens (tertiary/aromatic N) is 2. The topological polar surface area (TPSA) is 69.2 Å². The molecule has 4 rings (SSSR count). The van der Waals surface area contributed by atoms with Crippen LogP contribution in [0.25, 0.3) is 0 Å². The lowest BCUT2D eigenvalue weighted by Crippen LogP contribution is -2.37. The number of hydrogen-bond donors (Lipinski definition) is 2. The van der Waals surface area contributed by atoms with E-state index in [4.69, 9.17) is 0 Å². The summed E-state index contributed by atoms with van der Waals surface area (Å²) < 4.78 is 0. The summed E-state index contributed by atoms with van der Waals surface area (Å²) in [6.07, 6.45) is 3.87. The van der Waals surface area contributed by atoms with Crippen LogP contribution in [0.1, 0.15) is 47.8 Å². The van der Waals surface area contributed by atoms with E-state index in [0.717, 1.165) is 42.8 Å². The van der Waals surface area contributed by atoms with Crippen molar-refractivity contribution in [2.75, 3.05) is 13.6 Å². The summed E-state index contributed by atoms with van der Waals surface area (Å²) in [5, 5.41) is 11.1. The first-order valence-corrected chi connectivity index (χ1v) is 8.63. The molecule has 5 nitrogen and oxygen atoms in total. The zero-order valence-electron chi connectivity index (χ0n) is 14.0. The molecule has 2 N–H and O–H groups in total. The lowest BCUT2D eigenvalue weighted by atomic mass is 9.95. The highest BCUT2D eigenvalue weighted by atomic mass is 16.3. The van der Waals surface area contributed by atoms with E-state index in [9.17, 15) is 9.90 Å². The van der Waals surface area contributed by atoms with Gasteiger partial charge in [-0.2, -0.15) is 0 Å². The van der Waals surface area contributed by atoms with Crippen molar-refractivity contribution in [1.82, 2.24) is 14.9 Å². The molecule has 1 unspecified atom stereocenters. The molecular formula is C19H23N3O2. The van der Waals surface area contributed by atoms with Gasteiger partial charge in [0.25, 0.3) is 5.56 Å². The summed E-state index contributed by atoms with van der Waals surface area (Å²) in [5.74, 6) is 1.24. The maximum absolute atomic E-state index is 11.8. The minimum Gasteiger partial charge on any atom is -0.384 e. The Kier molecular flexibility index (Phi) is 3.77. The lowest BCUT2D eigenvalue weighted by Gasteiger charge is -2.29. The molecule has 1 heterocycles. The van der Waals surface area contributed by atoms with E-state index in [2.05, 4.69) is 20.9 Å². The quantitative estimate of drug-likeness (QED) is 0.881. The monoisotopic (exact) mass is 325 g/mol. The Labute approximate surface area is 141 Å². The fraction of sp³-hybridized carbons (Fsp3) is 0.474. The SMILES string of the molecule is CN(Cc1cc(=O)[nH]c(C2CC2)n1)CC1(O)CCc2ccccc21. The average molecular weight is 325 g/mol. The van der Waals surface area contributed by atoms with Gasteiger partial charge in [0.05, 0.1) is 5.69 Å². The van der Waals surface area contributed by atoms with Crippen molar-refractivity contribution < 1.29 is 5.11 Å². The normalized spacial score (nSPS) is 22.8.